The van der Waals surface area contributed by atoms with E-state index in [9.17, 15) is 13.2 Å². The molecule has 4 heterocycles. The Kier molecular flexibility index (Phi) is 7.61. The Bertz CT molecular complexity index is 1500. The van der Waals surface area contributed by atoms with Crippen LogP contribution in [0.25, 0.3) is 0 Å². The molecule has 5 rings (SSSR count). The molecule has 2 aliphatic heterocycles. The van der Waals surface area contributed by atoms with E-state index in [0.717, 1.165) is 42.6 Å². The number of nitrogens with zero attached hydrogens (tertiary/aromatic N) is 5. The molecule has 0 bridgehead atoms. The van der Waals surface area contributed by atoms with Crippen LogP contribution in [0, 0.1) is 0 Å². The lowest BCUT2D eigenvalue weighted by Crippen LogP contribution is -2.50. The highest BCUT2D eigenvalue weighted by Crippen LogP contribution is 2.31. The summed E-state index contributed by atoms with van der Waals surface area (Å²) in [6.45, 7) is 4.12. The van der Waals surface area contributed by atoms with Crippen molar-refractivity contribution in [2.24, 2.45) is 0 Å². The Morgan fingerprint density at radius 1 is 1.18 bits per heavy atom. The van der Waals surface area contributed by atoms with Gasteiger partial charge in [0, 0.05) is 72.0 Å². The summed E-state index contributed by atoms with van der Waals surface area (Å²) in [5.74, 6) is 1.14. The fourth-order valence-corrected chi connectivity index (χ4v) is 5.85. The minimum Gasteiger partial charge on any atom is -0.497 e. The number of amides is 1. The fraction of sp³-hybridized carbons (Fsp3) is 0.385. The molecule has 0 radical (unpaired) electrons. The molecule has 1 fully saturated rings. The zero-order valence-corrected chi connectivity index (χ0v) is 23.5. The average molecular weight is 572 g/mol. The maximum absolute atomic E-state index is 13.2. The van der Waals surface area contributed by atoms with E-state index < -0.39 is 10.0 Å². The Balaban J connectivity index is 1.21. The number of hydrogen-bond donors (Lipinski definition) is 2. The van der Waals surface area contributed by atoms with Crippen molar-refractivity contribution < 1.29 is 17.9 Å². The first kappa shape index (κ1) is 27.1. The number of pyridine rings is 1. The van der Waals surface area contributed by atoms with Gasteiger partial charge in [0.15, 0.2) is 0 Å². The molecule has 2 aliphatic rings. The van der Waals surface area contributed by atoms with Crippen LogP contribution in [0.2, 0.25) is 5.02 Å². The van der Waals surface area contributed by atoms with Gasteiger partial charge >= 0.3 is 0 Å². The lowest BCUT2D eigenvalue weighted by atomic mass is 9.96. The molecule has 0 saturated carbocycles. The summed E-state index contributed by atoms with van der Waals surface area (Å²) in [7, 11) is -1.90. The van der Waals surface area contributed by atoms with Crippen molar-refractivity contribution >= 4 is 45.0 Å². The number of nitrogens with one attached hydrogen (secondary N) is 2. The van der Waals surface area contributed by atoms with E-state index in [1.807, 2.05) is 24.1 Å². The van der Waals surface area contributed by atoms with Gasteiger partial charge in [-0.2, -0.15) is 0 Å². The SMILES string of the molecule is COc1cc(Cl)cc(Nc2ncc3c(n2)CN([C@H]2CCN(C(=O)c4ccnc(NS(C)(=O)=O)c4)[C@H](C)C2)C3)c1. The van der Waals surface area contributed by atoms with Gasteiger partial charge in [-0.3, -0.25) is 14.4 Å². The summed E-state index contributed by atoms with van der Waals surface area (Å²) in [5, 5.41) is 3.76. The minimum atomic E-state index is -3.48. The number of carbonyl (C=O) groups excluding carboxylic acids is 1. The van der Waals surface area contributed by atoms with E-state index in [2.05, 4.69) is 24.9 Å². The maximum atomic E-state index is 13.2. The molecule has 39 heavy (non-hydrogen) atoms. The standard InChI is InChI=1S/C26H30ClN7O4S/c1-16-8-21(5-7-34(16)25(35)17-4-6-28-24(9-17)32-39(3,36)37)33-14-18-13-29-26(31-23(18)15-33)30-20-10-19(27)11-22(12-20)38-2/h4,6,9-13,16,21H,5,7-8,14-15H2,1-3H3,(H,28,32)(H,29,30,31)/t16-,21+/m1/s1. The van der Waals surface area contributed by atoms with Crippen LogP contribution in [0.5, 0.6) is 5.75 Å². The van der Waals surface area contributed by atoms with Crippen molar-refractivity contribution in [3.63, 3.8) is 0 Å². The summed E-state index contributed by atoms with van der Waals surface area (Å²) >= 11 is 6.18. The quantitative estimate of drug-likeness (QED) is 0.436. The molecule has 0 unspecified atom stereocenters. The molecule has 1 aromatic carbocycles. The molecule has 13 heteroatoms. The highest BCUT2D eigenvalue weighted by molar-refractivity contribution is 7.92. The largest absolute Gasteiger partial charge is 0.497 e. The van der Waals surface area contributed by atoms with Crippen molar-refractivity contribution in [1.82, 2.24) is 24.8 Å². The molecule has 1 amide bonds. The number of methoxy groups -OCH3 is 1. The van der Waals surface area contributed by atoms with Gasteiger partial charge in [-0.25, -0.2) is 23.4 Å². The Labute approximate surface area is 232 Å². The maximum Gasteiger partial charge on any atom is 0.254 e. The van der Waals surface area contributed by atoms with Gasteiger partial charge < -0.3 is 15.0 Å². The number of likely N-dealkylation sites (tertiary alicyclic amines) is 1. The number of anilines is 3. The third kappa shape index (κ3) is 6.40. The number of sulfonamides is 1. The van der Waals surface area contributed by atoms with E-state index in [0.29, 0.717) is 41.4 Å². The summed E-state index contributed by atoms with van der Waals surface area (Å²) in [6, 6.07) is 8.75. The van der Waals surface area contributed by atoms with Crippen molar-refractivity contribution in [2.45, 2.75) is 44.9 Å². The molecule has 2 N–H and O–H groups in total. The second-order valence-electron chi connectivity index (χ2n) is 9.91. The number of fused-ring (bicyclic) bond motifs is 1. The Hall–Kier alpha value is -3.48. The fourth-order valence-electron chi connectivity index (χ4n) is 5.13. The number of hydrogen-bond acceptors (Lipinski definition) is 9. The number of aromatic nitrogens is 3. The zero-order chi connectivity index (χ0) is 27.7. The Morgan fingerprint density at radius 2 is 2.00 bits per heavy atom. The molecule has 3 aromatic rings. The van der Waals surface area contributed by atoms with Crippen LogP contribution in [0.3, 0.4) is 0 Å². The highest BCUT2D eigenvalue weighted by atomic mass is 35.5. The van der Waals surface area contributed by atoms with E-state index >= 15 is 0 Å². The van der Waals surface area contributed by atoms with Crippen LogP contribution in [-0.4, -0.2) is 71.1 Å². The van der Waals surface area contributed by atoms with Crippen LogP contribution in [0.1, 0.15) is 41.4 Å². The summed E-state index contributed by atoms with van der Waals surface area (Å²) in [5.41, 5.74) is 3.23. The zero-order valence-electron chi connectivity index (χ0n) is 21.9. The van der Waals surface area contributed by atoms with Crippen LogP contribution >= 0.6 is 11.6 Å². The van der Waals surface area contributed by atoms with Crippen molar-refractivity contribution in [2.75, 3.05) is 29.9 Å². The number of halogens is 1. The molecule has 2 aromatic heterocycles. The van der Waals surface area contributed by atoms with Crippen molar-refractivity contribution in [3.05, 3.63) is 64.6 Å². The number of piperidine rings is 1. The number of benzene rings is 1. The van der Waals surface area contributed by atoms with Gasteiger partial charge in [0.05, 0.1) is 19.1 Å². The highest BCUT2D eigenvalue weighted by Gasteiger charge is 2.35. The smallest absolute Gasteiger partial charge is 0.254 e. The van der Waals surface area contributed by atoms with Crippen LogP contribution in [0.4, 0.5) is 17.5 Å². The molecule has 0 spiro atoms. The van der Waals surface area contributed by atoms with Crippen molar-refractivity contribution in [1.29, 1.82) is 0 Å². The molecule has 1 saturated heterocycles. The predicted molar refractivity (Wildman–Crippen MR) is 149 cm³/mol. The number of rotatable bonds is 7. The van der Waals surface area contributed by atoms with Gasteiger partial charge in [0.2, 0.25) is 16.0 Å². The molecule has 2 atom stereocenters. The molecular formula is C26H30ClN7O4S. The lowest BCUT2D eigenvalue weighted by Gasteiger charge is -2.41. The topological polar surface area (TPSA) is 130 Å². The third-order valence-corrected chi connectivity index (χ3v) is 7.76. The number of ether oxygens (including phenoxy) is 1. The van der Waals surface area contributed by atoms with E-state index in [1.54, 1.807) is 25.3 Å². The van der Waals surface area contributed by atoms with E-state index in [-0.39, 0.29) is 17.8 Å². The first-order chi connectivity index (χ1) is 18.6. The molecule has 0 aliphatic carbocycles. The molecular weight excluding hydrogens is 542 g/mol. The first-order valence-electron chi connectivity index (χ1n) is 12.5. The summed E-state index contributed by atoms with van der Waals surface area (Å²) < 4.78 is 30.7. The lowest BCUT2D eigenvalue weighted by molar-refractivity contribution is 0.0460. The van der Waals surface area contributed by atoms with Crippen molar-refractivity contribution in [3.8, 4) is 5.75 Å². The van der Waals surface area contributed by atoms with Gasteiger partial charge in [0.25, 0.3) is 5.91 Å². The van der Waals surface area contributed by atoms with Crippen LogP contribution < -0.4 is 14.8 Å². The molecule has 11 nitrogen and oxygen atoms in total. The summed E-state index contributed by atoms with van der Waals surface area (Å²) in [4.78, 5) is 30.7. The first-order valence-corrected chi connectivity index (χ1v) is 14.8. The Morgan fingerprint density at radius 3 is 2.74 bits per heavy atom. The van der Waals surface area contributed by atoms with Gasteiger partial charge in [0.1, 0.15) is 11.6 Å². The summed E-state index contributed by atoms with van der Waals surface area (Å²) in [6.07, 6.45) is 5.99. The second kappa shape index (κ2) is 10.9. The molecule has 206 valence electrons. The van der Waals surface area contributed by atoms with Crippen LogP contribution in [-0.2, 0) is 23.1 Å². The normalized spacial score (nSPS) is 19.4. The van der Waals surface area contributed by atoms with Crippen LogP contribution in [0.15, 0.2) is 42.7 Å². The van der Waals surface area contributed by atoms with Gasteiger partial charge in [-0.15, -0.1) is 0 Å². The second-order valence-corrected chi connectivity index (χ2v) is 12.1. The third-order valence-electron chi connectivity index (χ3n) is 6.97. The monoisotopic (exact) mass is 571 g/mol. The number of carbonyl (C=O) groups is 1. The minimum absolute atomic E-state index is 0.0144. The van der Waals surface area contributed by atoms with E-state index in [1.165, 1.54) is 12.3 Å². The van der Waals surface area contributed by atoms with Gasteiger partial charge in [-0.05, 0) is 44.0 Å². The average Bonchev–Trinajstić information content (AvgIpc) is 3.30. The van der Waals surface area contributed by atoms with Gasteiger partial charge in [-0.1, -0.05) is 11.6 Å². The van der Waals surface area contributed by atoms with E-state index in [4.69, 9.17) is 21.3 Å². The predicted octanol–water partition coefficient (Wildman–Crippen LogP) is 3.66.